The van der Waals surface area contributed by atoms with Crippen LogP contribution in [-0.2, 0) is 9.53 Å². The zero-order valence-corrected chi connectivity index (χ0v) is 10.2. The fourth-order valence-corrected chi connectivity index (χ4v) is 2.38. The quantitative estimate of drug-likeness (QED) is 0.756. The van der Waals surface area contributed by atoms with Gasteiger partial charge in [-0.05, 0) is 39.0 Å². The Labute approximate surface area is 97.1 Å². The largest absolute Gasteiger partial charge is 0.377 e. The molecule has 2 aliphatic rings. The van der Waals surface area contributed by atoms with E-state index in [-0.39, 0.29) is 12.0 Å². The minimum Gasteiger partial charge on any atom is -0.377 e. The molecule has 0 bridgehead atoms. The van der Waals surface area contributed by atoms with E-state index in [1.165, 1.54) is 0 Å². The summed E-state index contributed by atoms with van der Waals surface area (Å²) in [4.78, 5) is 14.2. The predicted octanol–water partition coefficient (Wildman–Crippen LogP) is 0.751. The van der Waals surface area contributed by atoms with Crippen LogP contribution in [0.3, 0.4) is 0 Å². The van der Waals surface area contributed by atoms with E-state index in [0.717, 1.165) is 32.4 Å². The summed E-state index contributed by atoms with van der Waals surface area (Å²) in [5.41, 5.74) is 5.50. The second-order valence-electron chi connectivity index (χ2n) is 5.34. The monoisotopic (exact) mass is 226 g/mol. The van der Waals surface area contributed by atoms with E-state index >= 15 is 0 Å². The number of hydrogen-bond acceptors (Lipinski definition) is 3. The Morgan fingerprint density at radius 1 is 1.50 bits per heavy atom. The van der Waals surface area contributed by atoms with Gasteiger partial charge in [-0.1, -0.05) is 0 Å². The highest BCUT2D eigenvalue weighted by Gasteiger charge is 2.46. The van der Waals surface area contributed by atoms with Crippen molar-refractivity contribution in [2.24, 2.45) is 11.7 Å². The number of carbonyl (C=O) groups is 1. The Bertz CT molecular complexity index is 274. The van der Waals surface area contributed by atoms with Crippen molar-refractivity contribution in [1.29, 1.82) is 0 Å². The molecule has 0 aromatic carbocycles. The number of nitrogens with zero attached hydrogens (tertiary/aromatic N) is 1. The number of rotatable bonds is 2. The lowest BCUT2D eigenvalue weighted by atomic mass is 9.95. The van der Waals surface area contributed by atoms with Gasteiger partial charge < -0.3 is 15.4 Å². The van der Waals surface area contributed by atoms with Crippen molar-refractivity contribution in [3.8, 4) is 0 Å². The zero-order chi connectivity index (χ0) is 11.8. The summed E-state index contributed by atoms with van der Waals surface area (Å²) in [5.74, 6) is 0.492. The molecule has 1 saturated heterocycles. The molecule has 0 spiro atoms. The van der Waals surface area contributed by atoms with Gasteiger partial charge in [0.05, 0.1) is 11.6 Å². The molecular weight excluding hydrogens is 204 g/mol. The van der Waals surface area contributed by atoms with Gasteiger partial charge in [-0.15, -0.1) is 0 Å². The fourth-order valence-electron chi connectivity index (χ4n) is 2.38. The van der Waals surface area contributed by atoms with Crippen molar-refractivity contribution >= 4 is 5.91 Å². The van der Waals surface area contributed by atoms with Crippen molar-refractivity contribution in [3.63, 3.8) is 0 Å². The van der Waals surface area contributed by atoms with Crippen LogP contribution < -0.4 is 5.73 Å². The highest BCUT2D eigenvalue weighted by molar-refractivity contribution is 5.86. The van der Waals surface area contributed by atoms with E-state index in [4.69, 9.17) is 10.5 Å². The first-order valence-electron chi connectivity index (χ1n) is 6.21. The molecule has 2 N–H and O–H groups in total. The lowest BCUT2D eigenvalue weighted by molar-refractivity contribution is -0.137. The first-order chi connectivity index (χ1) is 7.51. The van der Waals surface area contributed by atoms with Crippen molar-refractivity contribution in [1.82, 2.24) is 4.90 Å². The smallest absolute Gasteiger partial charge is 0.242 e. The van der Waals surface area contributed by atoms with Gasteiger partial charge in [-0.25, -0.2) is 0 Å². The molecule has 2 unspecified atom stereocenters. The van der Waals surface area contributed by atoms with Gasteiger partial charge in [0, 0.05) is 19.7 Å². The van der Waals surface area contributed by atoms with Gasteiger partial charge in [0.1, 0.15) is 0 Å². The Balaban J connectivity index is 2.01. The summed E-state index contributed by atoms with van der Waals surface area (Å²) in [7, 11) is 0. The van der Waals surface area contributed by atoms with Crippen molar-refractivity contribution in [2.45, 2.75) is 44.8 Å². The molecule has 1 heterocycles. The molecule has 0 radical (unpaired) electrons. The maximum Gasteiger partial charge on any atom is 0.242 e. The molecule has 1 amide bonds. The summed E-state index contributed by atoms with van der Waals surface area (Å²) >= 11 is 0. The highest BCUT2D eigenvalue weighted by atomic mass is 16.5. The molecule has 2 atom stereocenters. The van der Waals surface area contributed by atoms with E-state index in [9.17, 15) is 4.79 Å². The molecule has 1 aliphatic heterocycles. The lowest BCUT2D eigenvalue weighted by Gasteiger charge is -2.31. The van der Waals surface area contributed by atoms with Crippen LogP contribution >= 0.6 is 0 Å². The SMILES string of the molecule is CC1CN(C(=O)C(C)(N)C2CC2)CCCO1. The Kier molecular flexibility index (Phi) is 3.22. The maximum absolute atomic E-state index is 12.3. The van der Waals surface area contributed by atoms with Crippen LogP contribution in [0.15, 0.2) is 0 Å². The van der Waals surface area contributed by atoms with Crippen LogP contribution in [0.4, 0.5) is 0 Å². The number of amides is 1. The van der Waals surface area contributed by atoms with Gasteiger partial charge in [0.25, 0.3) is 0 Å². The van der Waals surface area contributed by atoms with Crippen LogP contribution in [0.1, 0.15) is 33.1 Å². The second-order valence-corrected chi connectivity index (χ2v) is 5.34. The van der Waals surface area contributed by atoms with E-state index in [1.807, 2.05) is 18.7 Å². The molecule has 1 aliphatic carbocycles. The van der Waals surface area contributed by atoms with Crippen molar-refractivity contribution in [2.75, 3.05) is 19.7 Å². The molecule has 92 valence electrons. The molecular formula is C12H22N2O2. The van der Waals surface area contributed by atoms with Crippen LogP contribution in [0.2, 0.25) is 0 Å². The number of hydrogen-bond donors (Lipinski definition) is 1. The first kappa shape index (κ1) is 11.9. The predicted molar refractivity (Wildman–Crippen MR) is 61.9 cm³/mol. The summed E-state index contributed by atoms with van der Waals surface area (Å²) in [6.07, 6.45) is 3.23. The Hall–Kier alpha value is -0.610. The molecule has 16 heavy (non-hydrogen) atoms. The lowest BCUT2D eigenvalue weighted by Crippen LogP contribution is -2.55. The fraction of sp³-hybridized carbons (Fsp3) is 0.917. The van der Waals surface area contributed by atoms with Gasteiger partial charge in [0.15, 0.2) is 0 Å². The standard InChI is InChI=1S/C12H22N2O2/c1-9-8-14(6-3-7-16-9)11(15)12(2,13)10-4-5-10/h9-10H,3-8,13H2,1-2H3. The zero-order valence-electron chi connectivity index (χ0n) is 10.2. The van der Waals surface area contributed by atoms with Crippen LogP contribution in [0.25, 0.3) is 0 Å². The Morgan fingerprint density at radius 2 is 2.19 bits per heavy atom. The third-order valence-electron chi connectivity index (χ3n) is 3.63. The van der Waals surface area contributed by atoms with Gasteiger partial charge >= 0.3 is 0 Å². The minimum absolute atomic E-state index is 0.104. The van der Waals surface area contributed by atoms with Crippen LogP contribution in [0, 0.1) is 5.92 Å². The second kappa shape index (κ2) is 4.34. The van der Waals surface area contributed by atoms with E-state index in [0.29, 0.717) is 12.5 Å². The third kappa shape index (κ3) is 2.38. The topological polar surface area (TPSA) is 55.6 Å². The van der Waals surface area contributed by atoms with Crippen LogP contribution in [-0.4, -0.2) is 42.1 Å². The maximum atomic E-state index is 12.3. The summed E-state index contributed by atoms with van der Waals surface area (Å²) in [6, 6.07) is 0. The van der Waals surface area contributed by atoms with Gasteiger partial charge in [0.2, 0.25) is 5.91 Å². The summed E-state index contributed by atoms with van der Waals surface area (Å²) in [5, 5.41) is 0. The number of nitrogens with two attached hydrogens (primary N) is 1. The van der Waals surface area contributed by atoms with Gasteiger partial charge in [-0.3, -0.25) is 4.79 Å². The van der Waals surface area contributed by atoms with Gasteiger partial charge in [-0.2, -0.15) is 0 Å². The van der Waals surface area contributed by atoms with E-state index in [2.05, 4.69) is 0 Å². The summed E-state index contributed by atoms with van der Waals surface area (Å²) in [6.45, 7) is 6.09. The van der Waals surface area contributed by atoms with Crippen molar-refractivity contribution in [3.05, 3.63) is 0 Å². The average molecular weight is 226 g/mol. The highest BCUT2D eigenvalue weighted by Crippen LogP contribution is 2.39. The first-order valence-corrected chi connectivity index (χ1v) is 6.21. The van der Waals surface area contributed by atoms with Crippen molar-refractivity contribution < 1.29 is 9.53 Å². The minimum atomic E-state index is -0.663. The number of ether oxygens (including phenoxy) is 1. The third-order valence-corrected chi connectivity index (χ3v) is 3.63. The van der Waals surface area contributed by atoms with Crippen LogP contribution in [0.5, 0.6) is 0 Å². The normalized spacial score (nSPS) is 30.7. The molecule has 4 heteroatoms. The van der Waals surface area contributed by atoms with E-state index < -0.39 is 5.54 Å². The Morgan fingerprint density at radius 3 is 2.81 bits per heavy atom. The molecule has 4 nitrogen and oxygen atoms in total. The van der Waals surface area contributed by atoms with E-state index in [1.54, 1.807) is 0 Å². The molecule has 2 fully saturated rings. The molecule has 1 saturated carbocycles. The number of carbonyl (C=O) groups excluding carboxylic acids is 1. The average Bonchev–Trinajstić information content (AvgIpc) is 3.02. The molecule has 0 aromatic heterocycles. The molecule has 0 aromatic rings. The molecule has 2 rings (SSSR count). The summed E-state index contributed by atoms with van der Waals surface area (Å²) < 4.78 is 5.54.